The summed E-state index contributed by atoms with van der Waals surface area (Å²) in [4.78, 5) is 0. The molecule has 1 nitrogen and oxygen atoms in total. The highest BCUT2D eigenvalue weighted by atomic mass is 79.9. The van der Waals surface area contributed by atoms with Crippen LogP contribution in [-0.2, 0) is 0 Å². The van der Waals surface area contributed by atoms with Gasteiger partial charge in [-0.25, -0.2) is 0 Å². The van der Waals surface area contributed by atoms with Crippen molar-refractivity contribution in [3.8, 4) is 0 Å². The van der Waals surface area contributed by atoms with Gasteiger partial charge in [-0.3, -0.25) is 0 Å². The summed E-state index contributed by atoms with van der Waals surface area (Å²) in [7, 11) is 0. The van der Waals surface area contributed by atoms with E-state index < -0.39 is 0 Å². The Morgan fingerprint density at radius 2 is 1.95 bits per heavy atom. The highest BCUT2D eigenvalue weighted by Gasteiger charge is 2.25. The van der Waals surface area contributed by atoms with Gasteiger partial charge in [0.15, 0.2) is 0 Å². The third kappa shape index (κ3) is 4.32. The first-order chi connectivity index (χ1) is 8.98. The maximum absolute atomic E-state index is 3.82. The molecule has 1 aliphatic carbocycles. The Kier molecular flexibility index (Phi) is 5.08. The molecule has 0 bridgehead atoms. The van der Waals surface area contributed by atoms with Gasteiger partial charge in [-0.05, 0) is 49.7 Å². The molecule has 0 aliphatic heterocycles. The molecule has 106 valence electrons. The largest absolute Gasteiger partial charge is 0.307 e. The molecule has 0 heterocycles. The third-order valence-corrected chi connectivity index (χ3v) is 5.16. The van der Waals surface area contributed by atoms with E-state index in [4.69, 9.17) is 0 Å². The van der Waals surface area contributed by atoms with Crippen LogP contribution in [0.3, 0.4) is 0 Å². The van der Waals surface area contributed by atoms with Crippen LogP contribution in [0, 0.1) is 5.41 Å². The minimum Gasteiger partial charge on any atom is -0.307 e. The van der Waals surface area contributed by atoms with E-state index in [0.717, 1.165) is 0 Å². The monoisotopic (exact) mass is 323 g/mol. The Hall–Kier alpha value is -0.340. The summed E-state index contributed by atoms with van der Waals surface area (Å²) in [6, 6.07) is 9.63. The molecule has 1 aromatic carbocycles. The molecule has 0 aromatic heterocycles. The molecule has 1 aliphatic rings. The minimum absolute atomic E-state index is 0.418. The predicted octanol–water partition coefficient (Wildman–Crippen LogP) is 5.46. The Balaban J connectivity index is 1.96. The van der Waals surface area contributed by atoms with Crippen LogP contribution in [0.5, 0.6) is 0 Å². The van der Waals surface area contributed by atoms with Crippen molar-refractivity contribution in [1.82, 2.24) is 5.32 Å². The maximum Gasteiger partial charge on any atom is 0.0305 e. The van der Waals surface area contributed by atoms with E-state index in [0.29, 0.717) is 17.5 Å². The lowest BCUT2D eigenvalue weighted by atomic mass is 9.85. The average molecular weight is 324 g/mol. The van der Waals surface area contributed by atoms with E-state index in [1.165, 1.54) is 42.1 Å². The Morgan fingerprint density at radius 1 is 1.21 bits per heavy atom. The number of hydrogen-bond acceptors (Lipinski definition) is 1. The predicted molar refractivity (Wildman–Crippen MR) is 86.3 cm³/mol. The minimum atomic E-state index is 0.418. The fraction of sp³-hybridized carbons (Fsp3) is 0.647. The number of benzene rings is 1. The van der Waals surface area contributed by atoms with Gasteiger partial charge in [-0.2, -0.15) is 0 Å². The average Bonchev–Trinajstić information content (AvgIpc) is 2.51. The van der Waals surface area contributed by atoms with E-state index in [1.807, 2.05) is 0 Å². The molecule has 1 unspecified atom stereocenters. The standard InChI is InChI=1S/C17H26BrN/c1-13(15-8-4-5-9-16(15)18)19-14-7-6-11-17(2,3)12-10-14/h4-5,8-9,13-14,19H,6-7,10-12H2,1-3H3/t13-,14?/m1/s1. The zero-order chi connectivity index (χ0) is 13.9. The van der Waals surface area contributed by atoms with Gasteiger partial charge >= 0.3 is 0 Å². The first-order valence-electron chi connectivity index (χ1n) is 7.48. The van der Waals surface area contributed by atoms with Crippen LogP contribution in [0.1, 0.15) is 64.5 Å². The topological polar surface area (TPSA) is 12.0 Å². The number of nitrogens with one attached hydrogen (secondary N) is 1. The van der Waals surface area contributed by atoms with Crippen LogP contribution < -0.4 is 5.32 Å². The van der Waals surface area contributed by atoms with E-state index in [-0.39, 0.29) is 0 Å². The SMILES string of the molecule is C[C@@H](NC1CCCC(C)(C)CC1)c1ccccc1Br. The second kappa shape index (κ2) is 6.41. The van der Waals surface area contributed by atoms with Gasteiger partial charge in [0.1, 0.15) is 0 Å². The lowest BCUT2D eigenvalue weighted by molar-refractivity contribution is 0.307. The summed E-state index contributed by atoms with van der Waals surface area (Å²) >= 11 is 3.66. The van der Waals surface area contributed by atoms with Gasteiger partial charge in [-0.1, -0.05) is 54.4 Å². The van der Waals surface area contributed by atoms with Crippen molar-refractivity contribution < 1.29 is 0 Å². The summed E-state index contributed by atoms with van der Waals surface area (Å²) in [6.45, 7) is 7.09. The fourth-order valence-electron chi connectivity index (χ4n) is 3.10. The van der Waals surface area contributed by atoms with Gasteiger partial charge in [0.05, 0.1) is 0 Å². The molecule has 1 saturated carbocycles. The molecule has 0 spiro atoms. The molecule has 1 fully saturated rings. The Bertz CT molecular complexity index is 413. The van der Waals surface area contributed by atoms with E-state index in [9.17, 15) is 0 Å². The molecule has 2 heteroatoms. The first-order valence-corrected chi connectivity index (χ1v) is 8.28. The smallest absolute Gasteiger partial charge is 0.0305 e. The molecule has 1 N–H and O–H groups in total. The van der Waals surface area contributed by atoms with Crippen LogP contribution in [0.2, 0.25) is 0 Å². The van der Waals surface area contributed by atoms with Crippen molar-refractivity contribution in [1.29, 1.82) is 0 Å². The quantitative estimate of drug-likeness (QED) is 0.728. The molecule has 1 aromatic rings. The molecule has 2 rings (SSSR count). The summed E-state index contributed by atoms with van der Waals surface area (Å²) in [5.41, 5.74) is 1.90. The number of halogens is 1. The highest BCUT2D eigenvalue weighted by molar-refractivity contribution is 9.10. The molecule has 2 atom stereocenters. The zero-order valence-corrected chi connectivity index (χ0v) is 14.0. The van der Waals surface area contributed by atoms with Crippen LogP contribution in [-0.4, -0.2) is 6.04 Å². The molecule has 19 heavy (non-hydrogen) atoms. The molecule has 0 radical (unpaired) electrons. The summed E-state index contributed by atoms with van der Waals surface area (Å²) < 4.78 is 1.21. The van der Waals surface area contributed by atoms with Crippen molar-refractivity contribution in [2.45, 2.75) is 65.0 Å². The van der Waals surface area contributed by atoms with Crippen LogP contribution in [0.15, 0.2) is 28.7 Å². The van der Waals surface area contributed by atoms with E-state index in [2.05, 4.69) is 66.3 Å². The van der Waals surface area contributed by atoms with Crippen LogP contribution >= 0.6 is 15.9 Å². The summed E-state index contributed by atoms with van der Waals surface area (Å²) in [6.07, 6.45) is 6.69. The van der Waals surface area contributed by atoms with Crippen LogP contribution in [0.25, 0.3) is 0 Å². The lowest BCUT2D eigenvalue weighted by Gasteiger charge is -2.24. The number of rotatable bonds is 3. The summed E-state index contributed by atoms with van der Waals surface area (Å²) in [5, 5.41) is 3.82. The van der Waals surface area contributed by atoms with E-state index >= 15 is 0 Å². The zero-order valence-electron chi connectivity index (χ0n) is 12.4. The van der Waals surface area contributed by atoms with Crippen LogP contribution in [0.4, 0.5) is 0 Å². The molecular formula is C17H26BrN. The fourth-order valence-corrected chi connectivity index (χ4v) is 3.73. The second-order valence-corrected chi connectivity index (χ2v) is 7.56. The van der Waals surface area contributed by atoms with Crippen molar-refractivity contribution in [3.05, 3.63) is 34.3 Å². The van der Waals surface area contributed by atoms with Gasteiger partial charge < -0.3 is 5.32 Å². The van der Waals surface area contributed by atoms with Crippen molar-refractivity contribution in [3.63, 3.8) is 0 Å². The second-order valence-electron chi connectivity index (χ2n) is 6.70. The molecule has 0 saturated heterocycles. The number of hydrogen-bond donors (Lipinski definition) is 1. The van der Waals surface area contributed by atoms with Crippen molar-refractivity contribution in [2.24, 2.45) is 5.41 Å². The normalized spacial score (nSPS) is 24.7. The Morgan fingerprint density at radius 3 is 2.68 bits per heavy atom. The first kappa shape index (κ1) is 15.1. The lowest BCUT2D eigenvalue weighted by Crippen LogP contribution is -2.31. The highest BCUT2D eigenvalue weighted by Crippen LogP contribution is 2.34. The molecule has 0 amide bonds. The van der Waals surface area contributed by atoms with Gasteiger partial charge in [0, 0.05) is 16.6 Å². The molecular weight excluding hydrogens is 298 g/mol. The van der Waals surface area contributed by atoms with Gasteiger partial charge in [0.25, 0.3) is 0 Å². The van der Waals surface area contributed by atoms with E-state index in [1.54, 1.807) is 0 Å². The van der Waals surface area contributed by atoms with Crippen molar-refractivity contribution in [2.75, 3.05) is 0 Å². The van der Waals surface area contributed by atoms with Gasteiger partial charge in [0.2, 0.25) is 0 Å². The van der Waals surface area contributed by atoms with Gasteiger partial charge in [-0.15, -0.1) is 0 Å². The maximum atomic E-state index is 3.82. The third-order valence-electron chi connectivity index (χ3n) is 4.43. The van der Waals surface area contributed by atoms with Crippen molar-refractivity contribution >= 4 is 15.9 Å². The Labute approximate surface area is 126 Å². The summed E-state index contributed by atoms with van der Waals surface area (Å²) in [5.74, 6) is 0.